The Bertz CT molecular complexity index is 1030. The molecule has 2 aliphatic heterocycles. The fraction of sp³-hybridized carbons (Fsp3) is 0.150. The highest BCUT2D eigenvalue weighted by Gasteiger charge is 2.42. The zero-order valence-corrected chi connectivity index (χ0v) is 16.2. The van der Waals surface area contributed by atoms with E-state index in [1.54, 1.807) is 34.5 Å². The number of benzene rings is 2. The Morgan fingerprint density at radius 3 is 2.81 bits per heavy atom. The van der Waals surface area contributed by atoms with Gasteiger partial charge in [-0.15, -0.1) is 11.3 Å². The zero-order chi connectivity index (χ0) is 18.5. The molecular weight excluding hydrogens is 406 g/mol. The van der Waals surface area contributed by atoms with Gasteiger partial charge in [-0.1, -0.05) is 35.3 Å². The molecule has 0 aliphatic carbocycles. The number of hydrazone groups is 1. The van der Waals surface area contributed by atoms with Gasteiger partial charge in [-0.2, -0.15) is 5.10 Å². The van der Waals surface area contributed by atoms with Crippen molar-refractivity contribution in [3.63, 3.8) is 0 Å². The van der Waals surface area contributed by atoms with Crippen molar-refractivity contribution in [1.29, 1.82) is 0 Å². The first-order valence-corrected chi connectivity index (χ1v) is 10.0. The molecule has 0 bridgehead atoms. The molecule has 136 valence electrons. The maximum absolute atomic E-state index is 14.6. The quantitative estimate of drug-likeness (QED) is 0.478. The standard InChI is InChI=1S/C20H13Cl2FN2OS/c21-11-6-7-17-12(9-11)16-10-15(18-5-2-8-27-18)24-25(16)20(26-17)19-13(22)3-1-4-14(19)23/h1-9,16,20H,10H2/t16-,20-/m0/s1. The van der Waals surface area contributed by atoms with Crippen LogP contribution in [0.5, 0.6) is 5.75 Å². The van der Waals surface area contributed by atoms with Gasteiger partial charge in [0.2, 0.25) is 6.23 Å². The van der Waals surface area contributed by atoms with Gasteiger partial charge < -0.3 is 4.74 Å². The largest absolute Gasteiger partial charge is 0.464 e. The summed E-state index contributed by atoms with van der Waals surface area (Å²) < 4.78 is 20.8. The number of hydrogen-bond donors (Lipinski definition) is 0. The predicted molar refractivity (Wildman–Crippen MR) is 106 cm³/mol. The first-order chi connectivity index (χ1) is 13.1. The van der Waals surface area contributed by atoms with Crippen molar-refractivity contribution >= 4 is 40.3 Å². The molecule has 0 saturated carbocycles. The normalized spacial score (nSPS) is 20.7. The van der Waals surface area contributed by atoms with Gasteiger partial charge in [-0.3, -0.25) is 0 Å². The summed E-state index contributed by atoms with van der Waals surface area (Å²) in [6, 6.07) is 14.0. The molecule has 2 aromatic carbocycles. The lowest BCUT2D eigenvalue weighted by atomic mass is 9.97. The van der Waals surface area contributed by atoms with Crippen LogP contribution in [0.4, 0.5) is 4.39 Å². The van der Waals surface area contributed by atoms with E-state index in [9.17, 15) is 4.39 Å². The van der Waals surface area contributed by atoms with Gasteiger partial charge in [0.25, 0.3) is 0 Å². The van der Waals surface area contributed by atoms with Crippen molar-refractivity contribution in [1.82, 2.24) is 5.01 Å². The van der Waals surface area contributed by atoms with Gasteiger partial charge >= 0.3 is 0 Å². The molecule has 0 amide bonds. The summed E-state index contributed by atoms with van der Waals surface area (Å²) in [6.07, 6.45) is -0.0467. The highest BCUT2D eigenvalue weighted by atomic mass is 35.5. The second kappa shape index (κ2) is 6.51. The second-order valence-corrected chi connectivity index (χ2v) is 8.20. The van der Waals surface area contributed by atoms with Crippen LogP contribution in [0.1, 0.15) is 34.7 Å². The number of nitrogens with zero attached hydrogens (tertiary/aromatic N) is 2. The third-order valence-corrected chi connectivity index (χ3v) is 6.29. The molecule has 3 heterocycles. The van der Waals surface area contributed by atoms with E-state index in [1.807, 2.05) is 29.6 Å². The number of ether oxygens (including phenoxy) is 1. The average Bonchev–Trinajstić information content (AvgIpc) is 3.31. The van der Waals surface area contributed by atoms with Crippen LogP contribution in [0.15, 0.2) is 59.0 Å². The highest BCUT2D eigenvalue weighted by Crippen LogP contribution is 2.49. The minimum Gasteiger partial charge on any atom is -0.464 e. The lowest BCUT2D eigenvalue weighted by molar-refractivity contribution is -0.0211. The molecule has 2 aliphatic rings. The average molecular weight is 419 g/mol. The maximum Gasteiger partial charge on any atom is 0.218 e. The van der Waals surface area contributed by atoms with Crippen LogP contribution in [-0.4, -0.2) is 10.7 Å². The molecule has 0 N–H and O–H groups in total. The van der Waals surface area contributed by atoms with Crippen molar-refractivity contribution < 1.29 is 9.13 Å². The van der Waals surface area contributed by atoms with Crippen LogP contribution in [0.2, 0.25) is 10.0 Å². The molecule has 0 saturated heterocycles. The van der Waals surface area contributed by atoms with Crippen LogP contribution in [-0.2, 0) is 0 Å². The lowest BCUT2D eigenvalue weighted by Gasteiger charge is -2.38. The maximum atomic E-state index is 14.6. The number of rotatable bonds is 2. The molecule has 3 nitrogen and oxygen atoms in total. The third-order valence-electron chi connectivity index (χ3n) is 4.80. The van der Waals surface area contributed by atoms with Crippen LogP contribution < -0.4 is 4.74 Å². The van der Waals surface area contributed by atoms with E-state index in [2.05, 4.69) is 0 Å². The summed E-state index contributed by atoms with van der Waals surface area (Å²) >= 11 is 14.2. The van der Waals surface area contributed by atoms with E-state index < -0.39 is 12.0 Å². The SMILES string of the molecule is Fc1cccc(Cl)c1[C@@H]1Oc2ccc(Cl)cc2[C@@H]2CC(c3cccs3)=NN21. The predicted octanol–water partition coefficient (Wildman–Crippen LogP) is 6.44. The topological polar surface area (TPSA) is 24.8 Å². The van der Waals surface area contributed by atoms with Crippen molar-refractivity contribution in [2.75, 3.05) is 0 Å². The number of fused-ring (bicyclic) bond motifs is 3. The summed E-state index contributed by atoms with van der Waals surface area (Å²) in [6.45, 7) is 0. The Hall–Kier alpha value is -2.08. The van der Waals surface area contributed by atoms with Gasteiger partial charge in [-0.25, -0.2) is 9.40 Å². The van der Waals surface area contributed by atoms with E-state index in [4.69, 9.17) is 33.0 Å². The molecular formula is C20H13Cl2FN2OS. The smallest absolute Gasteiger partial charge is 0.218 e. The van der Waals surface area contributed by atoms with E-state index in [1.165, 1.54) is 6.07 Å². The van der Waals surface area contributed by atoms with Crippen LogP contribution in [0, 0.1) is 5.82 Å². The summed E-state index contributed by atoms with van der Waals surface area (Å²) in [5.74, 6) is 0.260. The van der Waals surface area contributed by atoms with Crippen LogP contribution in [0.25, 0.3) is 0 Å². The Morgan fingerprint density at radius 1 is 1.15 bits per heavy atom. The number of halogens is 3. The lowest BCUT2D eigenvalue weighted by Crippen LogP contribution is -2.34. The van der Waals surface area contributed by atoms with E-state index >= 15 is 0 Å². The van der Waals surface area contributed by atoms with Gasteiger partial charge in [0.1, 0.15) is 11.6 Å². The molecule has 2 atom stereocenters. The minimum absolute atomic E-state index is 0.0924. The first-order valence-electron chi connectivity index (χ1n) is 8.41. The second-order valence-electron chi connectivity index (χ2n) is 6.41. The third kappa shape index (κ3) is 2.81. The molecule has 5 rings (SSSR count). The Kier molecular flexibility index (Phi) is 4.11. The van der Waals surface area contributed by atoms with Crippen LogP contribution >= 0.6 is 34.5 Å². The van der Waals surface area contributed by atoms with Crippen molar-refractivity contribution in [2.45, 2.75) is 18.7 Å². The molecule has 7 heteroatoms. The molecule has 0 fully saturated rings. The zero-order valence-electron chi connectivity index (χ0n) is 13.9. The Labute approximate surface area is 169 Å². The van der Waals surface area contributed by atoms with Gasteiger partial charge in [-0.05, 0) is 41.8 Å². The number of thiophene rings is 1. The van der Waals surface area contributed by atoms with Gasteiger partial charge in [0.05, 0.1) is 27.2 Å². The molecule has 0 unspecified atom stereocenters. The van der Waals surface area contributed by atoms with Crippen molar-refractivity contribution in [3.8, 4) is 5.75 Å². The molecule has 0 spiro atoms. The van der Waals surface area contributed by atoms with Crippen LogP contribution in [0.3, 0.4) is 0 Å². The molecule has 0 radical (unpaired) electrons. The van der Waals surface area contributed by atoms with E-state index in [-0.39, 0.29) is 6.04 Å². The monoisotopic (exact) mass is 418 g/mol. The fourth-order valence-electron chi connectivity index (χ4n) is 3.59. The Balaban J connectivity index is 1.66. The van der Waals surface area contributed by atoms with Gasteiger partial charge in [0, 0.05) is 17.0 Å². The van der Waals surface area contributed by atoms with Crippen molar-refractivity contribution in [3.05, 3.63) is 85.8 Å². The minimum atomic E-state index is -0.741. The first kappa shape index (κ1) is 17.0. The van der Waals surface area contributed by atoms with E-state index in [0.29, 0.717) is 27.8 Å². The summed E-state index contributed by atoms with van der Waals surface area (Å²) in [7, 11) is 0. The highest BCUT2D eigenvalue weighted by molar-refractivity contribution is 7.12. The number of hydrogen-bond acceptors (Lipinski definition) is 4. The fourth-order valence-corrected chi connectivity index (χ4v) is 4.74. The summed E-state index contributed by atoms with van der Waals surface area (Å²) in [5.41, 5.74) is 2.19. The summed E-state index contributed by atoms with van der Waals surface area (Å²) in [5, 5.41) is 9.55. The van der Waals surface area contributed by atoms with Crippen molar-refractivity contribution in [2.24, 2.45) is 5.10 Å². The molecule has 1 aromatic heterocycles. The molecule has 3 aromatic rings. The molecule has 27 heavy (non-hydrogen) atoms. The van der Waals surface area contributed by atoms with E-state index in [0.717, 1.165) is 16.2 Å². The summed E-state index contributed by atoms with van der Waals surface area (Å²) in [4.78, 5) is 1.09. The Morgan fingerprint density at radius 2 is 2.04 bits per heavy atom. The van der Waals surface area contributed by atoms with Gasteiger partial charge in [0.15, 0.2) is 0 Å².